The second-order valence-electron chi connectivity index (χ2n) is 5.57. The molecule has 0 saturated heterocycles. The van der Waals surface area contributed by atoms with Gasteiger partial charge in [-0.05, 0) is 55.7 Å². The average Bonchev–Trinajstić information content (AvgIpc) is 3.23. The van der Waals surface area contributed by atoms with Crippen molar-refractivity contribution in [3.63, 3.8) is 0 Å². The minimum absolute atomic E-state index is 0.640. The summed E-state index contributed by atoms with van der Waals surface area (Å²) in [6.07, 6.45) is 5.42. The van der Waals surface area contributed by atoms with Gasteiger partial charge >= 0.3 is 0 Å². The second kappa shape index (κ2) is 4.82. The van der Waals surface area contributed by atoms with Crippen LogP contribution in [0.3, 0.4) is 0 Å². The molecule has 1 aromatic carbocycles. The van der Waals surface area contributed by atoms with Crippen LogP contribution in [-0.2, 0) is 0 Å². The zero-order valence-corrected chi connectivity index (χ0v) is 11.2. The van der Waals surface area contributed by atoms with Gasteiger partial charge in [-0.3, -0.25) is 0 Å². The van der Waals surface area contributed by atoms with E-state index >= 15 is 0 Å². The lowest BCUT2D eigenvalue weighted by molar-refractivity contribution is 0.679. The van der Waals surface area contributed by atoms with Crippen molar-refractivity contribution >= 4 is 17.3 Å². The molecular formula is C15H17ClN2. The van der Waals surface area contributed by atoms with E-state index in [4.69, 9.17) is 16.9 Å². The highest BCUT2D eigenvalue weighted by Crippen LogP contribution is 2.37. The molecule has 0 spiro atoms. The van der Waals surface area contributed by atoms with Crippen molar-refractivity contribution < 1.29 is 0 Å². The van der Waals surface area contributed by atoms with E-state index in [-0.39, 0.29) is 0 Å². The van der Waals surface area contributed by atoms with Crippen LogP contribution in [0.1, 0.15) is 31.2 Å². The van der Waals surface area contributed by atoms with Gasteiger partial charge in [0, 0.05) is 13.1 Å². The maximum atomic E-state index is 8.88. The van der Waals surface area contributed by atoms with E-state index in [2.05, 4.69) is 11.0 Å². The van der Waals surface area contributed by atoms with Gasteiger partial charge in [0.2, 0.25) is 0 Å². The quantitative estimate of drug-likeness (QED) is 0.804. The van der Waals surface area contributed by atoms with E-state index in [1.54, 1.807) is 6.07 Å². The van der Waals surface area contributed by atoms with Crippen molar-refractivity contribution in [3.8, 4) is 6.07 Å². The maximum Gasteiger partial charge on any atom is 0.0992 e. The summed E-state index contributed by atoms with van der Waals surface area (Å²) in [5.41, 5.74) is 1.75. The monoisotopic (exact) mass is 260 g/mol. The van der Waals surface area contributed by atoms with Crippen LogP contribution in [0.25, 0.3) is 0 Å². The minimum atomic E-state index is 0.640. The molecule has 2 saturated carbocycles. The number of rotatable bonds is 5. The molecule has 18 heavy (non-hydrogen) atoms. The van der Waals surface area contributed by atoms with Crippen LogP contribution in [0.5, 0.6) is 0 Å². The summed E-state index contributed by atoms with van der Waals surface area (Å²) in [6.45, 7) is 2.25. The van der Waals surface area contributed by atoms with E-state index in [9.17, 15) is 0 Å². The fraction of sp³-hybridized carbons (Fsp3) is 0.533. The molecule has 0 unspecified atom stereocenters. The zero-order valence-electron chi connectivity index (χ0n) is 10.4. The Hall–Kier alpha value is -1.20. The zero-order chi connectivity index (χ0) is 12.5. The highest BCUT2D eigenvalue weighted by atomic mass is 35.5. The van der Waals surface area contributed by atoms with Crippen LogP contribution in [-0.4, -0.2) is 13.1 Å². The summed E-state index contributed by atoms with van der Waals surface area (Å²) >= 11 is 6.32. The SMILES string of the molecule is N#Cc1ccc(N(CC2CC2)CC2CC2)c(Cl)c1. The molecule has 0 atom stereocenters. The third-order valence-corrected chi connectivity index (χ3v) is 4.07. The van der Waals surface area contributed by atoms with Crippen LogP contribution in [0, 0.1) is 23.2 Å². The predicted molar refractivity (Wildman–Crippen MR) is 73.8 cm³/mol. The van der Waals surface area contributed by atoms with E-state index in [0.29, 0.717) is 5.56 Å². The first-order valence-electron chi connectivity index (χ1n) is 6.71. The summed E-state index contributed by atoms with van der Waals surface area (Å²) in [7, 11) is 0. The summed E-state index contributed by atoms with van der Waals surface area (Å²) < 4.78 is 0. The highest BCUT2D eigenvalue weighted by molar-refractivity contribution is 6.33. The number of hydrogen-bond donors (Lipinski definition) is 0. The van der Waals surface area contributed by atoms with Gasteiger partial charge in [0.25, 0.3) is 0 Å². The lowest BCUT2D eigenvalue weighted by atomic mass is 10.2. The van der Waals surface area contributed by atoms with Crippen LogP contribution in [0.15, 0.2) is 18.2 Å². The number of halogens is 1. The van der Waals surface area contributed by atoms with Crippen molar-refractivity contribution in [3.05, 3.63) is 28.8 Å². The molecule has 0 radical (unpaired) electrons. The first-order valence-corrected chi connectivity index (χ1v) is 7.08. The Morgan fingerprint density at radius 1 is 1.17 bits per heavy atom. The molecule has 2 fully saturated rings. The Kier molecular flexibility index (Phi) is 3.18. The van der Waals surface area contributed by atoms with E-state index in [1.165, 1.54) is 25.7 Å². The Morgan fingerprint density at radius 2 is 1.78 bits per heavy atom. The fourth-order valence-electron chi connectivity index (χ4n) is 2.33. The van der Waals surface area contributed by atoms with E-state index < -0.39 is 0 Å². The second-order valence-corrected chi connectivity index (χ2v) is 5.98. The average molecular weight is 261 g/mol. The summed E-state index contributed by atoms with van der Waals surface area (Å²) in [4.78, 5) is 2.43. The molecule has 2 aliphatic rings. The van der Waals surface area contributed by atoms with Crippen molar-refractivity contribution in [2.45, 2.75) is 25.7 Å². The molecule has 3 rings (SSSR count). The first-order chi connectivity index (χ1) is 8.76. The Balaban J connectivity index is 1.80. The molecule has 2 nitrogen and oxygen atoms in total. The van der Waals surface area contributed by atoms with Crippen molar-refractivity contribution in [1.29, 1.82) is 5.26 Å². The van der Waals surface area contributed by atoms with Crippen LogP contribution in [0.4, 0.5) is 5.69 Å². The van der Waals surface area contributed by atoms with Crippen molar-refractivity contribution in [1.82, 2.24) is 0 Å². The molecule has 3 heteroatoms. The molecule has 0 aromatic heterocycles. The van der Waals surface area contributed by atoms with Crippen LogP contribution >= 0.6 is 11.6 Å². The highest BCUT2D eigenvalue weighted by Gasteiger charge is 2.30. The van der Waals surface area contributed by atoms with Gasteiger partial charge in [-0.1, -0.05) is 11.6 Å². The van der Waals surface area contributed by atoms with E-state index in [1.807, 2.05) is 12.1 Å². The summed E-state index contributed by atoms with van der Waals surface area (Å²) in [6, 6.07) is 7.79. The molecule has 0 heterocycles. The Labute approximate surface area is 113 Å². The van der Waals surface area contributed by atoms with Gasteiger partial charge in [-0.25, -0.2) is 0 Å². The predicted octanol–water partition coefficient (Wildman–Crippen LogP) is 3.84. The maximum absolute atomic E-state index is 8.88. The molecule has 94 valence electrons. The molecule has 1 aromatic rings. The first kappa shape index (κ1) is 11.9. The van der Waals surface area contributed by atoms with Crippen LogP contribution in [0.2, 0.25) is 5.02 Å². The standard InChI is InChI=1S/C15H17ClN2/c16-14-7-13(8-17)5-6-15(14)18(9-11-1-2-11)10-12-3-4-12/h5-7,11-12H,1-4,9-10H2. The smallest absolute Gasteiger partial charge is 0.0992 e. The van der Waals surface area contributed by atoms with Gasteiger partial charge in [0.05, 0.1) is 22.3 Å². The van der Waals surface area contributed by atoms with Crippen molar-refractivity contribution in [2.24, 2.45) is 11.8 Å². The van der Waals surface area contributed by atoms with Crippen LogP contribution < -0.4 is 4.90 Å². The largest absolute Gasteiger partial charge is 0.370 e. The number of benzene rings is 1. The minimum Gasteiger partial charge on any atom is -0.370 e. The molecule has 2 aliphatic carbocycles. The topological polar surface area (TPSA) is 27.0 Å². The summed E-state index contributed by atoms with van der Waals surface area (Å²) in [5, 5.41) is 9.60. The Morgan fingerprint density at radius 3 is 2.22 bits per heavy atom. The van der Waals surface area contributed by atoms with E-state index in [0.717, 1.165) is 35.6 Å². The van der Waals surface area contributed by atoms with Gasteiger partial charge < -0.3 is 4.90 Å². The third-order valence-electron chi connectivity index (χ3n) is 3.77. The Bertz CT molecular complexity index is 470. The third kappa shape index (κ3) is 2.79. The molecular weight excluding hydrogens is 244 g/mol. The van der Waals surface area contributed by atoms with Gasteiger partial charge in [-0.2, -0.15) is 5.26 Å². The lowest BCUT2D eigenvalue weighted by Gasteiger charge is -2.26. The number of anilines is 1. The lowest BCUT2D eigenvalue weighted by Crippen LogP contribution is -2.28. The number of nitrogens with zero attached hydrogens (tertiary/aromatic N) is 2. The molecule has 0 N–H and O–H groups in total. The molecule has 0 aliphatic heterocycles. The molecule has 0 amide bonds. The number of nitriles is 1. The molecule has 0 bridgehead atoms. The summed E-state index contributed by atoms with van der Waals surface area (Å²) in [5.74, 6) is 1.71. The normalized spacial score (nSPS) is 18.4. The fourth-order valence-corrected chi connectivity index (χ4v) is 2.63. The van der Waals surface area contributed by atoms with Gasteiger partial charge in [0.15, 0.2) is 0 Å². The number of hydrogen-bond acceptors (Lipinski definition) is 2. The van der Waals surface area contributed by atoms with Crippen molar-refractivity contribution in [2.75, 3.05) is 18.0 Å². The van der Waals surface area contributed by atoms with Gasteiger partial charge in [0.1, 0.15) is 0 Å². The van der Waals surface area contributed by atoms with Gasteiger partial charge in [-0.15, -0.1) is 0 Å².